The number of nitrogens with zero attached hydrogens (tertiary/aromatic N) is 1. The number of amides is 3. The Labute approximate surface area is 231 Å². The predicted molar refractivity (Wildman–Crippen MR) is 143 cm³/mol. The van der Waals surface area contributed by atoms with E-state index in [1.807, 2.05) is 30.3 Å². The molecule has 204 valence electrons. The van der Waals surface area contributed by atoms with E-state index < -0.39 is 30.2 Å². The molecule has 3 aromatic carbocycles. The summed E-state index contributed by atoms with van der Waals surface area (Å²) < 4.78 is 45.4. The maximum absolute atomic E-state index is 13.3. The summed E-state index contributed by atoms with van der Waals surface area (Å²) in [5, 5.41) is 5.11. The van der Waals surface area contributed by atoms with Gasteiger partial charge in [0.15, 0.2) is 6.61 Å². The fourth-order valence-electron chi connectivity index (χ4n) is 4.17. The lowest BCUT2D eigenvalue weighted by Gasteiger charge is -2.17. The highest BCUT2D eigenvalue weighted by molar-refractivity contribution is 9.10. The maximum Gasteiger partial charge on any atom is 0.418 e. The van der Waals surface area contributed by atoms with Crippen molar-refractivity contribution in [1.82, 2.24) is 5.32 Å². The summed E-state index contributed by atoms with van der Waals surface area (Å²) >= 11 is 3.00. The highest BCUT2D eigenvalue weighted by Crippen LogP contribution is 2.36. The smallest absolute Gasteiger partial charge is 0.418 e. The Morgan fingerprint density at radius 1 is 1.03 bits per heavy atom. The molecule has 4 rings (SSSR count). The maximum atomic E-state index is 13.3. The molecule has 0 saturated carbocycles. The van der Waals surface area contributed by atoms with E-state index in [0.717, 1.165) is 17.7 Å². The molecule has 1 atom stereocenters. The summed E-state index contributed by atoms with van der Waals surface area (Å²) in [5.74, 6) is -1.29. The third kappa shape index (κ3) is 7.60. The van der Waals surface area contributed by atoms with Crippen LogP contribution in [0.15, 0.2) is 77.3 Å². The van der Waals surface area contributed by atoms with E-state index in [1.165, 1.54) is 11.0 Å². The van der Waals surface area contributed by atoms with Gasteiger partial charge in [-0.1, -0.05) is 46.3 Å². The molecule has 0 unspecified atom stereocenters. The zero-order valence-electron chi connectivity index (χ0n) is 20.6. The monoisotopic (exact) mass is 603 g/mol. The van der Waals surface area contributed by atoms with Crippen LogP contribution in [0.2, 0.25) is 0 Å². The van der Waals surface area contributed by atoms with E-state index in [4.69, 9.17) is 4.74 Å². The zero-order chi connectivity index (χ0) is 28.0. The van der Waals surface area contributed by atoms with Crippen molar-refractivity contribution >= 4 is 45.0 Å². The Balaban J connectivity index is 1.27. The van der Waals surface area contributed by atoms with Crippen LogP contribution in [0.4, 0.5) is 24.5 Å². The summed E-state index contributed by atoms with van der Waals surface area (Å²) in [6, 6.07) is 19.5. The molecule has 0 aliphatic carbocycles. The van der Waals surface area contributed by atoms with E-state index >= 15 is 0 Å². The zero-order valence-corrected chi connectivity index (χ0v) is 22.2. The second-order valence-electron chi connectivity index (χ2n) is 8.95. The first-order valence-corrected chi connectivity index (χ1v) is 12.9. The lowest BCUT2D eigenvalue weighted by Crippen LogP contribution is -2.34. The van der Waals surface area contributed by atoms with Crippen LogP contribution in [0.5, 0.6) is 5.75 Å². The number of carbonyl (C=O) groups excluding carboxylic acids is 3. The van der Waals surface area contributed by atoms with Gasteiger partial charge in [0.1, 0.15) is 5.75 Å². The van der Waals surface area contributed by atoms with Crippen molar-refractivity contribution < 1.29 is 32.3 Å². The van der Waals surface area contributed by atoms with Crippen LogP contribution >= 0.6 is 15.9 Å². The van der Waals surface area contributed by atoms with Crippen LogP contribution in [0.3, 0.4) is 0 Å². The van der Waals surface area contributed by atoms with Crippen molar-refractivity contribution in [2.45, 2.75) is 19.0 Å². The van der Waals surface area contributed by atoms with Gasteiger partial charge in [0.05, 0.1) is 17.2 Å². The number of halogens is 4. The first kappa shape index (κ1) is 28.2. The fraction of sp³-hybridized carbons (Fsp3) is 0.250. The summed E-state index contributed by atoms with van der Waals surface area (Å²) in [5.41, 5.74) is 0.330. The molecule has 1 heterocycles. The Hall–Kier alpha value is -3.86. The number of carbonyl (C=O) groups is 3. The standard InChI is InChI=1S/C28H25BrF3N3O4/c29-20-6-11-24(23(15-20)28(30,31)32)34-25(36)17-39-22-9-7-21(8-10-22)35-16-19(14-26(35)37)27(38)33-13-12-18-4-2-1-3-5-18/h1-11,15,19H,12-14,16-17H2,(H,33,38)(H,34,36)/t19-/m0/s1. The highest BCUT2D eigenvalue weighted by atomic mass is 79.9. The minimum Gasteiger partial charge on any atom is -0.484 e. The molecular formula is C28H25BrF3N3O4. The number of hydrogen-bond acceptors (Lipinski definition) is 4. The van der Waals surface area contributed by atoms with Crippen LogP contribution in [-0.2, 0) is 27.0 Å². The minimum atomic E-state index is -4.64. The molecule has 1 saturated heterocycles. The highest BCUT2D eigenvalue weighted by Gasteiger charge is 2.35. The Morgan fingerprint density at radius 2 is 1.74 bits per heavy atom. The lowest BCUT2D eigenvalue weighted by molar-refractivity contribution is -0.137. The number of rotatable bonds is 9. The molecule has 0 radical (unpaired) electrons. The molecule has 11 heteroatoms. The van der Waals surface area contributed by atoms with Gasteiger partial charge >= 0.3 is 6.18 Å². The number of alkyl halides is 3. The summed E-state index contributed by atoms with van der Waals surface area (Å²) in [6.07, 6.45) is -3.84. The van der Waals surface area contributed by atoms with Gasteiger partial charge in [0, 0.05) is 29.7 Å². The van der Waals surface area contributed by atoms with Gasteiger partial charge in [0.25, 0.3) is 5.91 Å². The van der Waals surface area contributed by atoms with Gasteiger partial charge in [0.2, 0.25) is 11.8 Å². The average Bonchev–Trinajstić information content (AvgIpc) is 3.30. The Bertz CT molecular complexity index is 1330. The number of benzene rings is 3. The van der Waals surface area contributed by atoms with Crippen molar-refractivity contribution in [1.29, 1.82) is 0 Å². The van der Waals surface area contributed by atoms with Crippen molar-refractivity contribution in [3.8, 4) is 5.75 Å². The summed E-state index contributed by atoms with van der Waals surface area (Å²) in [4.78, 5) is 38.9. The largest absolute Gasteiger partial charge is 0.484 e. The van der Waals surface area contributed by atoms with Crippen molar-refractivity contribution in [3.63, 3.8) is 0 Å². The molecule has 0 spiro atoms. The van der Waals surface area contributed by atoms with Gasteiger partial charge in [-0.15, -0.1) is 0 Å². The SMILES string of the molecule is O=C(COc1ccc(N2C[C@@H](C(=O)NCCc3ccccc3)CC2=O)cc1)Nc1ccc(Br)cc1C(F)(F)F. The molecule has 0 bridgehead atoms. The number of ether oxygens (including phenoxy) is 1. The third-order valence-corrected chi connectivity index (χ3v) is 6.62. The van der Waals surface area contributed by atoms with Gasteiger partial charge < -0.3 is 20.3 Å². The van der Waals surface area contributed by atoms with E-state index in [2.05, 4.69) is 26.6 Å². The van der Waals surface area contributed by atoms with Crippen LogP contribution in [0, 0.1) is 5.92 Å². The molecule has 3 aromatic rings. The van der Waals surface area contributed by atoms with Crippen LogP contribution in [-0.4, -0.2) is 37.4 Å². The van der Waals surface area contributed by atoms with Crippen LogP contribution in [0.1, 0.15) is 17.5 Å². The van der Waals surface area contributed by atoms with E-state index in [0.29, 0.717) is 24.4 Å². The molecule has 39 heavy (non-hydrogen) atoms. The van der Waals surface area contributed by atoms with Crippen LogP contribution in [0.25, 0.3) is 0 Å². The summed E-state index contributed by atoms with van der Waals surface area (Å²) in [7, 11) is 0. The van der Waals surface area contributed by atoms with Gasteiger partial charge in [-0.3, -0.25) is 14.4 Å². The van der Waals surface area contributed by atoms with Crippen molar-refractivity contribution in [3.05, 3.63) is 88.4 Å². The van der Waals surface area contributed by atoms with Crippen molar-refractivity contribution in [2.24, 2.45) is 5.92 Å². The van der Waals surface area contributed by atoms with Gasteiger partial charge in [-0.2, -0.15) is 13.2 Å². The third-order valence-electron chi connectivity index (χ3n) is 6.13. The van der Waals surface area contributed by atoms with E-state index in [1.54, 1.807) is 24.3 Å². The second kappa shape index (κ2) is 12.3. The van der Waals surface area contributed by atoms with Gasteiger partial charge in [-0.05, 0) is 54.4 Å². The first-order chi connectivity index (χ1) is 18.6. The minimum absolute atomic E-state index is 0.103. The second-order valence-corrected chi connectivity index (χ2v) is 9.87. The molecule has 0 aromatic heterocycles. The average molecular weight is 604 g/mol. The molecule has 1 fully saturated rings. The first-order valence-electron chi connectivity index (χ1n) is 12.1. The quantitative estimate of drug-likeness (QED) is 0.352. The van der Waals surface area contributed by atoms with Gasteiger partial charge in [-0.25, -0.2) is 0 Å². The van der Waals surface area contributed by atoms with Crippen molar-refractivity contribution in [2.75, 3.05) is 29.9 Å². The molecular weight excluding hydrogens is 579 g/mol. The molecule has 3 amide bonds. The van der Waals surface area contributed by atoms with Crippen LogP contribution < -0.4 is 20.3 Å². The topological polar surface area (TPSA) is 87.7 Å². The molecule has 1 aliphatic rings. The Morgan fingerprint density at radius 3 is 2.44 bits per heavy atom. The van der Waals surface area contributed by atoms with E-state index in [-0.39, 0.29) is 34.9 Å². The predicted octanol–water partition coefficient (Wildman–Crippen LogP) is 5.20. The number of hydrogen-bond donors (Lipinski definition) is 2. The number of nitrogens with one attached hydrogen (secondary N) is 2. The molecule has 1 aliphatic heterocycles. The normalized spacial score (nSPS) is 15.2. The molecule has 7 nitrogen and oxygen atoms in total. The Kier molecular flexibility index (Phi) is 8.90. The lowest BCUT2D eigenvalue weighted by atomic mass is 10.1. The number of anilines is 2. The summed E-state index contributed by atoms with van der Waals surface area (Å²) in [6.45, 7) is 0.209. The van der Waals surface area contributed by atoms with E-state index in [9.17, 15) is 27.6 Å². The fourth-order valence-corrected chi connectivity index (χ4v) is 4.53. The molecule has 2 N–H and O–H groups in total.